The molecule has 6 heteroatoms. The van der Waals surface area contributed by atoms with Gasteiger partial charge in [0.15, 0.2) is 0 Å². The highest BCUT2D eigenvalue weighted by atomic mass is 16.5. The van der Waals surface area contributed by atoms with Crippen LogP contribution in [-0.4, -0.2) is 41.5 Å². The first-order valence-corrected chi connectivity index (χ1v) is 6.77. The molecule has 4 amide bonds. The first kappa shape index (κ1) is 12.6. The predicted octanol–water partition coefficient (Wildman–Crippen LogP) is 0.804. The molecule has 6 nitrogen and oxygen atoms in total. The van der Waals surface area contributed by atoms with Crippen molar-refractivity contribution in [2.75, 3.05) is 13.2 Å². The summed E-state index contributed by atoms with van der Waals surface area (Å²) in [6, 6.07) is -0.597. The highest BCUT2D eigenvalue weighted by Crippen LogP contribution is 2.44. The van der Waals surface area contributed by atoms with Gasteiger partial charge in [-0.25, -0.2) is 4.79 Å². The molecule has 0 bridgehead atoms. The Kier molecular flexibility index (Phi) is 2.67. The lowest BCUT2D eigenvalue weighted by Crippen LogP contribution is -2.68. The Labute approximate surface area is 111 Å². The van der Waals surface area contributed by atoms with Gasteiger partial charge in [-0.2, -0.15) is 0 Å². The van der Waals surface area contributed by atoms with Crippen molar-refractivity contribution in [1.82, 2.24) is 10.2 Å². The van der Waals surface area contributed by atoms with Gasteiger partial charge >= 0.3 is 6.03 Å². The van der Waals surface area contributed by atoms with Crippen molar-refractivity contribution in [3.63, 3.8) is 0 Å². The van der Waals surface area contributed by atoms with Crippen LogP contribution in [0.2, 0.25) is 0 Å². The minimum absolute atomic E-state index is 0.327. The SMILES string of the molecule is CC1(N2C(=O)NC(=O)C3(CCCC3)C2=O)CCOC1. The summed E-state index contributed by atoms with van der Waals surface area (Å²) in [5.74, 6) is -0.745. The van der Waals surface area contributed by atoms with E-state index >= 15 is 0 Å². The summed E-state index contributed by atoms with van der Waals surface area (Å²) in [4.78, 5) is 38.2. The van der Waals surface area contributed by atoms with E-state index in [9.17, 15) is 14.4 Å². The second-order valence-electron chi connectivity index (χ2n) is 5.99. The molecule has 1 unspecified atom stereocenters. The Bertz CT molecular complexity index is 448. The van der Waals surface area contributed by atoms with Crippen molar-refractivity contribution in [3.8, 4) is 0 Å². The Morgan fingerprint density at radius 2 is 1.84 bits per heavy atom. The van der Waals surface area contributed by atoms with Crippen LogP contribution in [-0.2, 0) is 14.3 Å². The fraction of sp³-hybridized carbons (Fsp3) is 0.769. The molecule has 0 aromatic heterocycles. The van der Waals surface area contributed by atoms with Crippen LogP contribution < -0.4 is 5.32 Å². The minimum Gasteiger partial charge on any atom is -0.379 e. The standard InChI is InChI=1S/C13H18N2O4/c1-12(6-7-19-8-12)15-10(17)13(4-2-3-5-13)9(16)14-11(15)18/h2-8H2,1H3,(H,14,16,18). The van der Waals surface area contributed by atoms with Gasteiger partial charge in [-0.1, -0.05) is 12.8 Å². The fourth-order valence-electron chi connectivity index (χ4n) is 3.42. The molecule has 3 rings (SSSR count). The van der Waals surface area contributed by atoms with Crippen molar-refractivity contribution in [2.45, 2.75) is 44.6 Å². The molecule has 1 atom stereocenters. The van der Waals surface area contributed by atoms with E-state index < -0.39 is 22.9 Å². The first-order chi connectivity index (χ1) is 9.00. The van der Waals surface area contributed by atoms with Crippen LogP contribution in [0, 0.1) is 5.41 Å². The molecule has 0 aromatic rings. The van der Waals surface area contributed by atoms with Crippen molar-refractivity contribution >= 4 is 17.8 Å². The molecule has 0 radical (unpaired) electrons. The third-order valence-electron chi connectivity index (χ3n) is 4.67. The molecule has 1 aliphatic carbocycles. The van der Waals surface area contributed by atoms with Crippen LogP contribution in [0.15, 0.2) is 0 Å². The topological polar surface area (TPSA) is 75.7 Å². The molecular weight excluding hydrogens is 248 g/mol. The maximum atomic E-state index is 12.8. The van der Waals surface area contributed by atoms with Gasteiger partial charge in [0.05, 0.1) is 12.1 Å². The number of hydrogen-bond acceptors (Lipinski definition) is 4. The van der Waals surface area contributed by atoms with Crippen molar-refractivity contribution in [2.24, 2.45) is 5.41 Å². The van der Waals surface area contributed by atoms with Gasteiger partial charge in [0.25, 0.3) is 0 Å². The van der Waals surface area contributed by atoms with E-state index in [1.54, 1.807) is 0 Å². The van der Waals surface area contributed by atoms with Gasteiger partial charge in [0, 0.05) is 6.61 Å². The largest absolute Gasteiger partial charge is 0.379 e. The molecule has 2 aliphatic heterocycles. The number of carbonyl (C=O) groups excluding carboxylic acids is 3. The molecule has 0 aromatic carbocycles. The van der Waals surface area contributed by atoms with Crippen LogP contribution in [0.1, 0.15) is 39.0 Å². The van der Waals surface area contributed by atoms with Gasteiger partial charge in [-0.05, 0) is 26.2 Å². The van der Waals surface area contributed by atoms with E-state index in [0.29, 0.717) is 32.5 Å². The van der Waals surface area contributed by atoms with Crippen LogP contribution in [0.3, 0.4) is 0 Å². The number of rotatable bonds is 1. The summed E-state index contributed by atoms with van der Waals surface area (Å²) in [7, 11) is 0. The Balaban J connectivity index is 1.98. The number of ether oxygens (including phenoxy) is 1. The van der Waals surface area contributed by atoms with Crippen LogP contribution >= 0.6 is 0 Å². The molecular formula is C13H18N2O4. The molecule has 104 valence electrons. The van der Waals surface area contributed by atoms with Crippen molar-refractivity contribution in [3.05, 3.63) is 0 Å². The number of hydrogen-bond donors (Lipinski definition) is 1. The van der Waals surface area contributed by atoms with E-state index in [4.69, 9.17) is 4.74 Å². The summed E-state index contributed by atoms with van der Waals surface area (Å²) < 4.78 is 5.33. The Hall–Kier alpha value is -1.43. The van der Waals surface area contributed by atoms with E-state index in [0.717, 1.165) is 12.8 Å². The smallest absolute Gasteiger partial charge is 0.331 e. The summed E-state index contributed by atoms with van der Waals surface area (Å²) >= 11 is 0. The van der Waals surface area contributed by atoms with Gasteiger partial charge in [0.2, 0.25) is 11.8 Å². The van der Waals surface area contributed by atoms with Gasteiger partial charge < -0.3 is 4.74 Å². The number of nitrogens with one attached hydrogen (secondary N) is 1. The lowest BCUT2D eigenvalue weighted by Gasteiger charge is -2.43. The Morgan fingerprint density at radius 3 is 2.42 bits per heavy atom. The Morgan fingerprint density at radius 1 is 1.16 bits per heavy atom. The van der Waals surface area contributed by atoms with E-state index in [1.165, 1.54) is 4.90 Å². The monoisotopic (exact) mass is 266 g/mol. The lowest BCUT2D eigenvalue weighted by molar-refractivity contribution is -0.155. The summed E-state index contributed by atoms with van der Waals surface area (Å²) in [6.45, 7) is 2.72. The average molecular weight is 266 g/mol. The third-order valence-corrected chi connectivity index (χ3v) is 4.67. The zero-order chi connectivity index (χ0) is 13.7. The summed E-state index contributed by atoms with van der Waals surface area (Å²) in [5.41, 5.74) is -1.64. The number of imide groups is 2. The maximum Gasteiger partial charge on any atom is 0.331 e. The molecule has 2 heterocycles. The fourth-order valence-corrected chi connectivity index (χ4v) is 3.42. The normalized spacial score (nSPS) is 34.2. The molecule has 19 heavy (non-hydrogen) atoms. The van der Waals surface area contributed by atoms with Crippen LogP contribution in [0.4, 0.5) is 4.79 Å². The second kappa shape index (κ2) is 4.03. The molecule has 2 saturated heterocycles. The summed E-state index contributed by atoms with van der Waals surface area (Å²) in [6.07, 6.45) is 3.41. The zero-order valence-corrected chi connectivity index (χ0v) is 11.0. The van der Waals surface area contributed by atoms with Crippen LogP contribution in [0.5, 0.6) is 0 Å². The average Bonchev–Trinajstić information content (AvgIpc) is 2.97. The molecule has 1 N–H and O–H groups in total. The molecule has 3 aliphatic rings. The molecule has 1 saturated carbocycles. The van der Waals surface area contributed by atoms with E-state index in [1.807, 2.05) is 6.92 Å². The number of urea groups is 1. The highest BCUT2D eigenvalue weighted by Gasteiger charge is 2.59. The van der Waals surface area contributed by atoms with E-state index in [-0.39, 0.29) is 5.91 Å². The van der Waals surface area contributed by atoms with Gasteiger partial charge in [-0.15, -0.1) is 0 Å². The zero-order valence-electron chi connectivity index (χ0n) is 11.0. The van der Waals surface area contributed by atoms with Crippen molar-refractivity contribution < 1.29 is 19.1 Å². The predicted molar refractivity (Wildman–Crippen MR) is 65.1 cm³/mol. The quantitative estimate of drug-likeness (QED) is 0.712. The van der Waals surface area contributed by atoms with Gasteiger partial charge in [-0.3, -0.25) is 19.8 Å². The number of nitrogens with zero attached hydrogens (tertiary/aromatic N) is 1. The minimum atomic E-state index is -1.01. The lowest BCUT2D eigenvalue weighted by atomic mass is 9.80. The summed E-state index contributed by atoms with van der Waals surface area (Å²) in [5, 5.41) is 2.37. The van der Waals surface area contributed by atoms with Crippen LogP contribution in [0.25, 0.3) is 0 Å². The number of carbonyl (C=O) groups is 3. The van der Waals surface area contributed by atoms with E-state index in [2.05, 4.69) is 5.32 Å². The highest BCUT2D eigenvalue weighted by molar-refractivity contribution is 6.19. The molecule has 1 spiro atoms. The second-order valence-corrected chi connectivity index (χ2v) is 5.99. The van der Waals surface area contributed by atoms with Crippen molar-refractivity contribution in [1.29, 1.82) is 0 Å². The molecule has 3 fully saturated rings. The third kappa shape index (κ3) is 1.62. The van der Waals surface area contributed by atoms with Gasteiger partial charge in [0.1, 0.15) is 5.41 Å². The maximum absolute atomic E-state index is 12.8. The number of barbiturate groups is 1. The first-order valence-electron chi connectivity index (χ1n) is 6.77. The number of amides is 4.